The number of carboxylic acid groups (broad SMARTS) is 1. The molecule has 0 aliphatic carbocycles. The molecule has 0 aliphatic heterocycles. The van der Waals surface area contributed by atoms with Crippen molar-refractivity contribution in [3.05, 3.63) is 98.2 Å². The van der Waals surface area contributed by atoms with Crippen LogP contribution in [0.4, 0.5) is 0 Å². The predicted molar refractivity (Wildman–Crippen MR) is 150 cm³/mol. The van der Waals surface area contributed by atoms with Crippen molar-refractivity contribution in [1.29, 1.82) is 0 Å². The lowest BCUT2D eigenvalue weighted by atomic mass is 10.0. The number of ether oxygens (including phenoxy) is 1. The molecule has 0 saturated carbocycles. The van der Waals surface area contributed by atoms with Gasteiger partial charge in [-0.25, -0.2) is 4.79 Å². The Hall–Kier alpha value is -3.33. The van der Waals surface area contributed by atoms with Crippen molar-refractivity contribution in [1.82, 2.24) is 9.88 Å². The third-order valence-corrected chi connectivity index (χ3v) is 7.22. The summed E-state index contributed by atoms with van der Waals surface area (Å²) in [5, 5.41) is 13.3. The topological polar surface area (TPSA) is 80.6 Å². The van der Waals surface area contributed by atoms with Crippen LogP contribution in [0.25, 0.3) is 10.9 Å². The van der Waals surface area contributed by atoms with E-state index in [4.69, 9.17) is 9.84 Å². The highest BCUT2D eigenvalue weighted by molar-refractivity contribution is 14.1. The number of carbonyl (C=O) groups excluding carboxylic acids is 1. The standard InChI is InChI=1S/C29H29IN2O4/c1-17(21-6-5-7-23(30)15-21)31-28(33)22-10-13-25-26(18(2)32(4)27(25)16-22)14-20-8-11-24(12-9-20)36-19(3)29(34)35/h5-13,15-17,19H,14H2,1-4H3,(H,31,33)(H,34,35)/t17-,19?/m0/s1. The van der Waals surface area contributed by atoms with Gasteiger partial charge < -0.3 is 19.7 Å². The van der Waals surface area contributed by atoms with Gasteiger partial charge in [-0.1, -0.05) is 30.3 Å². The second kappa shape index (κ2) is 10.7. The zero-order valence-corrected chi connectivity index (χ0v) is 22.9. The molecule has 0 radical (unpaired) electrons. The molecule has 186 valence electrons. The van der Waals surface area contributed by atoms with E-state index < -0.39 is 12.1 Å². The van der Waals surface area contributed by atoms with Crippen LogP contribution < -0.4 is 10.1 Å². The van der Waals surface area contributed by atoms with E-state index >= 15 is 0 Å². The Morgan fingerprint density at radius 2 is 1.78 bits per heavy atom. The number of hydrogen-bond donors (Lipinski definition) is 2. The Labute approximate surface area is 224 Å². The fraction of sp³-hybridized carbons (Fsp3) is 0.241. The number of benzene rings is 3. The van der Waals surface area contributed by atoms with E-state index in [1.807, 2.05) is 62.5 Å². The number of amides is 1. The van der Waals surface area contributed by atoms with Gasteiger partial charge in [0.1, 0.15) is 5.75 Å². The molecule has 2 N–H and O–H groups in total. The predicted octanol–water partition coefficient (Wildman–Crippen LogP) is 6.03. The molecular formula is C29H29IN2O4. The number of nitrogens with zero attached hydrogens (tertiary/aromatic N) is 1. The van der Waals surface area contributed by atoms with Gasteiger partial charge in [-0.3, -0.25) is 4.79 Å². The number of hydrogen-bond acceptors (Lipinski definition) is 3. The number of aryl methyl sites for hydroxylation is 1. The summed E-state index contributed by atoms with van der Waals surface area (Å²) in [6.07, 6.45) is -0.185. The summed E-state index contributed by atoms with van der Waals surface area (Å²) in [5.74, 6) is -0.573. The molecule has 0 saturated heterocycles. The number of carbonyl (C=O) groups is 2. The number of carboxylic acids is 1. The average molecular weight is 596 g/mol. The van der Waals surface area contributed by atoms with Crippen molar-refractivity contribution in [3.8, 4) is 5.75 Å². The van der Waals surface area contributed by atoms with E-state index in [9.17, 15) is 9.59 Å². The minimum absolute atomic E-state index is 0.0981. The van der Waals surface area contributed by atoms with Gasteiger partial charge in [0, 0.05) is 32.8 Å². The maximum atomic E-state index is 13.0. The summed E-state index contributed by atoms with van der Waals surface area (Å²) >= 11 is 2.28. The first-order chi connectivity index (χ1) is 17.1. The molecule has 2 atom stereocenters. The molecule has 1 unspecified atom stereocenters. The number of halogens is 1. The van der Waals surface area contributed by atoms with Crippen molar-refractivity contribution < 1.29 is 19.4 Å². The molecule has 1 aromatic heterocycles. The second-order valence-corrected chi connectivity index (χ2v) is 10.3. The molecule has 0 fully saturated rings. The van der Waals surface area contributed by atoms with Crippen LogP contribution in [0.2, 0.25) is 0 Å². The average Bonchev–Trinajstić information content (AvgIpc) is 3.09. The summed E-state index contributed by atoms with van der Waals surface area (Å²) in [7, 11) is 2.02. The molecule has 1 amide bonds. The maximum Gasteiger partial charge on any atom is 0.344 e. The van der Waals surface area contributed by atoms with Crippen molar-refractivity contribution >= 4 is 45.4 Å². The Kier molecular flexibility index (Phi) is 7.68. The van der Waals surface area contributed by atoms with Crippen molar-refractivity contribution in [2.24, 2.45) is 7.05 Å². The van der Waals surface area contributed by atoms with Gasteiger partial charge in [0.15, 0.2) is 6.10 Å². The van der Waals surface area contributed by atoms with Crippen molar-refractivity contribution in [2.45, 2.75) is 39.3 Å². The van der Waals surface area contributed by atoms with E-state index in [0.29, 0.717) is 17.7 Å². The van der Waals surface area contributed by atoms with Crippen LogP contribution in [0, 0.1) is 10.5 Å². The van der Waals surface area contributed by atoms with E-state index in [2.05, 4.69) is 45.5 Å². The van der Waals surface area contributed by atoms with E-state index in [0.717, 1.165) is 31.3 Å². The molecule has 7 heteroatoms. The highest BCUT2D eigenvalue weighted by Crippen LogP contribution is 2.29. The third kappa shape index (κ3) is 5.56. The number of rotatable bonds is 8. The molecular weight excluding hydrogens is 567 g/mol. The molecule has 4 aromatic rings. The van der Waals surface area contributed by atoms with E-state index in [1.165, 1.54) is 12.5 Å². The molecule has 1 heterocycles. The van der Waals surface area contributed by atoms with Gasteiger partial charge in [-0.05, 0) is 103 Å². The molecule has 4 rings (SSSR count). The fourth-order valence-electron chi connectivity index (χ4n) is 4.29. The fourth-order valence-corrected chi connectivity index (χ4v) is 4.86. The van der Waals surface area contributed by atoms with Crippen LogP contribution in [0.1, 0.15) is 52.6 Å². The number of fused-ring (bicyclic) bond motifs is 1. The number of aromatic nitrogens is 1. The SMILES string of the molecule is Cc1c(Cc2ccc(OC(C)C(=O)O)cc2)c2ccc(C(=O)N[C@@H](C)c3cccc(I)c3)cc2n1C. The Morgan fingerprint density at radius 3 is 2.44 bits per heavy atom. The second-order valence-electron chi connectivity index (χ2n) is 9.02. The number of nitrogens with one attached hydrogen (secondary N) is 1. The molecule has 0 bridgehead atoms. The normalized spacial score (nSPS) is 12.8. The lowest BCUT2D eigenvalue weighted by molar-refractivity contribution is -0.144. The Balaban J connectivity index is 1.54. The zero-order valence-electron chi connectivity index (χ0n) is 20.7. The van der Waals surface area contributed by atoms with Crippen LogP contribution in [0.15, 0.2) is 66.7 Å². The highest BCUT2D eigenvalue weighted by Gasteiger charge is 2.17. The Morgan fingerprint density at radius 1 is 1.06 bits per heavy atom. The molecule has 6 nitrogen and oxygen atoms in total. The first-order valence-electron chi connectivity index (χ1n) is 11.8. The van der Waals surface area contributed by atoms with Crippen molar-refractivity contribution in [3.63, 3.8) is 0 Å². The molecule has 3 aromatic carbocycles. The first-order valence-corrected chi connectivity index (χ1v) is 12.8. The van der Waals surface area contributed by atoms with E-state index in [1.54, 1.807) is 12.1 Å². The Bertz CT molecular complexity index is 1430. The summed E-state index contributed by atoms with van der Waals surface area (Å²) in [5.41, 5.74) is 6.12. The highest BCUT2D eigenvalue weighted by atomic mass is 127. The third-order valence-electron chi connectivity index (χ3n) is 6.55. The summed E-state index contributed by atoms with van der Waals surface area (Å²) in [6, 6.07) is 21.4. The first kappa shape index (κ1) is 25.8. The van der Waals surface area contributed by atoms with Crippen LogP contribution in [0.5, 0.6) is 5.75 Å². The van der Waals surface area contributed by atoms with Crippen LogP contribution in [0.3, 0.4) is 0 Å². The van der Waals surface area contributed by atoms with Gasteiger partial charge in [0.05, 0.1) is 6.04 Å². The molecule has 0 aliphatic rings. The monoisotopic (exact) mass is 596 g/mol. The quantitative estimate of drug-likeness (QED) is 0.244. The molecule has 0 spiro atoms. The van der Waals surface area contributed by atoms with Gasteiger partial charge in [-0.2, -0.15) is 0 Å². The van der Waals surface area contributed by atoms with E-state index in [-0.39, 0.29) is 11.9 Å². The summed E-state index contributed by atoms with van der Waals surface area (Å²) in [6.45, 7) is 5.58. The van der Waals surface area contributed by atoms with Gasteiger partial charge >= 0.3 is 5.97 Å². The number of aliphatic carboxylic acids is 1. The minimum atomic E-state index is -0.997. The minimum Gasteiger partial charge on any atom is -0.479 e. The lowest BCUT2D eigenvalue weighted by Crippen LogP contribution is -2.26. The largest absolute Gasteiger partial charge is 0.479 e. The van der Waals surface area contributed by atoms with Crippen LogP contribution >= 0.6 is 22.6 Å². The summed E-state index contributed by atoms with van der Waals surface area (Å²) in [4.78, 5) is 24.0. The van der Waals surface area contributed by atoms with Crippen molar-refractivity contribution in [2.75, 3.05) is 0 Å². The molecule has 36 heavy (non-hydrogen) atoms. The van der Waals surface area contributed by atoms with Gasteiger partial charge in [0.25, 0.3) is 5.91 Å². The van der Waals surface area contributed by atoms with Crippen LogP contribution in [-0.2, 0) is 18.3 Å². The smallest absolute Gasteiger partial charge is 0.344 e. The van der Waals surface area contributed by atoms with Gasteiger partial charge in [0.2, 0.25) is 0 Å². The van der Waals surface area contributed by atoms with Gasteiger partial charge in [-0.15, -0.1) is 0 Å². The van der Waals surface area contributed by atoms with Crippen LogP contribution in [-0.4, -0.2) is 27.7 Å². The zero-order chi connectivity index (χ0) is 26.0. The summed E-state index contributed by atoms with van der Waals surface area (Å²) < 4.78 is 8.69. The maximum absolute atomic E-state index is 13.0. The lowest BCUT2D eigenvalue weighted by Gasteiger charge is -2.15.